The van der Waals surface area contributed by atoms with Gasteiger partial charge in [0.05, 0.1) is 0 Å². The Morgan fingerprint density at radius 2 is 1.79 bits per heavy atom. The van der Waals surface area contributed by atoms with E-state index >= 15 is 0 Å². The number of hydrogen-bond acceptors (Lipinski definition) is 2. The van der Waals surface area contributed by atoms with E-state index in [4.69, 9.17) is 22.1 Å². The molecule has 0 aliphatic carbocycles. The number of aryl methyl sites for hydroxylation is 1. The molecule has 0 aliphatic rings. The van der Waals surface area contributed by atoms with Crippen molar-refractivity contribution in [3.05, 3.63) is 64.2 Å². The van der Waals surface area contributed by atoms with Crippen LogP contribution in [0, 0.1) is 6.92 Å². The van der Waals surface area contributed by atoms with Crippen LogP contribution < -0.4 is 10.5 Å². The Balaban J connectivity index is 0.00000180. The number of nitrogens with two attached hydrogens (primary N) is 1. The summed E-state index contributed by atoms with van der Waals surface area (Å²) in [5.74, 6) is 0.794. The molecule has 0 aromatic heterocycles. The van der Waals surface area contributed by atoms with Gasteiger partial charge in [-0.3, -0.25) is 0 Å². The molecule has 0 saturated heterocycles. The molecule has 2 aromatic rings. The molecule has 0 atom stereocenters. The first-order valence-corrected chi connectivity index (χ1v) is 6.23. The third-order valence-corrected chi connectivity index (χ3v) is 2.99. The summed E-state index contributed by atoms with van der Waals surface area (Å²) in [5.41, 5.74) is 8.98. The van der Waals surface area contributed by atoms with E-state index in [2.05, 4.69) is 31.2 Å². The summed E-state index contributed by atoms with van der Waals surface area (Å²) >= 11 is 5.92. The topological polar surface area (TPSA) is 35.2 Å². The van der Waals surface area contributed by atoms with Gasteiger partial charge in [0.25, 0.3) is 0 Å². The highest BCUT2D eigenvalue weighted by Crippen LogP contribution is 2.23. The van der Waals surface area contributed by atoms with Crippen molar-refractivity contribution >= 4 is 24.0 Å². The highest BCUT2D eigenvalue weighted by atomic mass is 35.5. The Kier molecular flexibility index (Phi) is 6.16. The summed E-state index contributed by atoms with van der Waals surface area (Å²) < 4.78 is 5.77. The van der Waals surface area contributed by atoms with Crippen LogP contribution in [-0.4, -0.2) is 0 Å². The van der Waals surface area contributed by atoms with Gasteiger partial charge in [-0.05, 0) is 30.7 Å². The lowest BCUT2D eigenvalue weighted by molar-refractivity contribution is 0.303. The van der Waals surface area contributed by atoms with Crippen LogP contribution in [0.15, 0.2) is 42.5 Å². The van der Waals surface area contributed by atoms with E-state index in [0.717, 1.165) is 16.9 Å². The Morgan fingerprint density at radius 3 is 2.42 bits per heavy atom. The average Bonchev–Trinajstić information content (AvgIpc) is 2.39. The van der Waals surface area contributed by atoms with Gasteiger partial charge in [-0.25, -0.2) is 0 Å². The number of benzene rings is 2. The predicted molar refractivity (Wildman–Crippen MR) is 82.1 cm³/mol. The van der Waals surface area contributed by atoms with Crippen molar-refractivity contribution < 1.29 is 4.74 Å². The molecular weight excluding hydrogens is 281 g/mol. The quantitative estimate of drug-likeness (QED) is 0.922. The van der Waals surface area contributed by atoms with Crippen LogP contribution in [0.3, 0.4) is 0 Å². The zero-order valence-corrected chi connectivity index (χ0v) is 12.3. The van der Waals surface area contributed by atoms with Gasteiger partial charge >= 0.3 is 0 Å². The van der Waals surface area contributed by atoms with E-state index in [1.807, 2.05) is 18.2 Å². The lowest BCUT2D eigenvalue weighted by atomic mass is 10.1. The monoisotopic (exact) mass is 297 g/mol. The third-order valence-electron chi connectivity index (χ3n) is 2.76. The standard InChI is InChI=1S/C15H16ClNO.ClH/c1-11-2-4-12(5-3-11)10-18-15-7-6-14(16)8-13(15)9-17;/h2-8H,9-10,17H2,1H3;1H. The van der Waals surface area contributed by atoms with Crippen LogP contribution in [0.5, 0.6) is 5.75 Å². The first kappa shape index (κ1) is 15.8. The zero-order valence-electron chi connectivity index (χ0n) is 10.7. The maximum absolute atomic E-state index is 5.92. The zero-order chi connectivity index (χ0) is 13.0. The highest BCUT2D eigenvalue weighted by molar-refractivity contribution is 6.30. The van der Waals surface area contributed by atoms with Crippen molar-refractivity contribution in [2.75, 3.05) is 0 Å². The molecule has 0 radical (unpaired) electrons. The molecule has 2 aromatic carbocycles. The fourth-order valence-electron chi connectivity index (χ4n) is 1.69. The minimum Gasteiger partial charge on any atom is -0.489 e. The smallest absolute Gasteiger partial charge is 0.124 e. The molecule has 0 heterocycles. The van der Waals surface area contributed by atoms with Crippen molar-refractivity contribution in [1.82, 2.24) is 0 Å². The normalized spacial score (nSPS) is 9.84. The van der Waals surface area contributed by atoms with Crippen LogP contribution in [0.4, 0.5) is 0 Å². The maximum Gasteiger partial charge on any atom is 0.124 e. The summed E-state index contributed by atoms with van der Waals surface area (Å²) in [7, 11) is 0. The molecule has 2 nitrogen and oxygen atoms in total. The first-order valence-electron chi connectivity index (χ1n) is 5.86. The number of halogens is 2. The predicted octanol–water partition coefficient (Wildman–Crippen LogP) is 4.11. The van der Waals surface area contributed by atoms with Crippen LogP contribution >= 0.6 is 24.0 Å². The van der Waals surface area contributed by atoms with E-state index in [0.29, 0.717) is 18.2 Å². The fraction of sp³-hybridized carbons (Fsp3) is 0.200. The Labute approximate surface area is 124 Å². The largest absolute Gasteiger partial charge is 0.489 e. The van der Waals surface area contributed by atoms with Crippen LogP contribution in [0.2, 0.25) is 5.02 Å². The molecular formula is C15H17Cl2NO. The van der Waals surface area contributed by atoms with Gasteiger partial charge < -0.3 is 10.5 Å². The van der Waals surface area contributed by atoms with Crippen molar-refractivity contribution in [3.8, 4) is 5.75 Å². The molecule has 0 amide bonds. The summed E-state index contributed by atoms with van der Waals surface area (Å²) in [4.78, 5) is 0. The Hall–Kier alpha value is -1.22. The molecule has 4 heteroatoms. The molecule has 0 bridgehead atoms. The summed E-state index contributed by atoms with van der Waals surface area (Å²) in [6.07, 6.45) is 0. The molecule has 0 unspecified atom stereocenters. The number of hydrogen-bond donors (Lipinski definition) is 1. The molecule has 0 saturated carbocycles. The van der Waals surface area contributed by atoms with Crippen molar-refractivity contribution in [1.29, 1.82) is 0 Å². The first-order chi connectivity index (χ1) is 8.69. The van der Waals surface area contributed by atoms with Gasteiger partial charge in [0.1, 0.15) is 12.4 Å². The van der Waals surface area contributed by atoms with E-state index in [9.17, 15) is 0 Å². The molecule has 19 heavy (non-hydrogen) atoms. The van der Waals surface area contributed by atoms with Crippen molar-refractivity contribution in [2.45, 2.75) is 20.1 Å². The molecule has 0 aliphatic heterocycles. The fourth-order valence-corrected chi connectivity index (χ4v) is 1.89. The minimum atomic E-state index is 0. The molecule has 2 N–H and O–H groups in total. The molecule has 102 valence electrons. The molecule has 0 fully saturated rings. The number of ether oxygens (including phenoxy) is 1. The maximum atomic E-state index is 5.92. The second-order valence-corrected chi connectivity index (χ2v) is 4.67. The van der Waals surface area contributed by atoms with Crippen LogP contribution in [-0.2, 0) is 13.2 Å². The lowest BCUT2D eigenvalue weighted by Gasteiger charge is -2.11. The molecule has 2 rings (SSSR count). The van der Waals surface area contributed by atoms with E-state index in [1.165, 1.54) is 5.56 Å². The number of rotatable bonds is 4. The van der Waals surface area contributed by atoms with Gasteiger partial charge in [0.15, 0.2) is 0 Å². The van der Waals surface area contributed by atoms with Gasteiger partial charge in [0, 0.05) is 17.1 Å². The Bertz CT molecular complexity index is 526. The van der Waals surface area contributed by atoms with E-state index in [-0.39, 0.29) is 12.4 Å². The van der Waals surface area contributed by atoms with E-state index in [1.54, 1.807) is 0 Å². The summed E-state index contributed by atoms with van der Waals surface area (Å²) in [5, 5.41) is 0.679. The van der Waals surface area contributed by atoms with Gasteiger partial charge in [-0.1, -0.05) is 41.4 Å². The third kappa shape index (κ3) is 4.43. The lowest BCUT2D eigenvalue weighted by Crippen LogP contribution is -2.02. The van der Waals surface area contributed by atoms with E-state index < -0.39 is 0 Å². The Morgan fingerprint density at radius 1 is 1.11 bits per heavy atom. The van der Waals surface area contributed by atoms with Crippen molar-refractivity contribution in [2.24, 2.45) is 5.73 Å². The highest BCUT2D eigenvalue weighted by Gasteiger charge is 2.03. The van der Waals surface area contributed by atoms with Crippen molar-refractivity contribution in [3.63, 3.8) is 0 Å². The second kappa shape index (κ2) is 7.39. The molecule has 0 spiro atoms. The average molecular weight is 298 g/mol. The van der Waals surface area contributed by atoms with Crippen LogP contribution in [0.1, 0.15) is 16.7 Å². The van der Waals surface area contributed by atoms with Gasteiger partial charge in [-0.2, -0.15) is 0 Å². The second-order valence-electron chi connectivity index (χ2n) is 4.23. The van der Waals surface area contributed by atoms with Crippen LogP contribution in [0.25, 0.3) is 0 Å². The summed E-state index contributed by atoms with van der Waals surface area (Å²) in [6.45, 7) is 3.02. The van der Waals surface area contributed by atoms with Gasteiger partial charge in [0.2, 0.25) is 0 Å². The minimum absolute atomic E-state index is 0. The summed E-state index contributed by atoms with van der Waals surface area (Å²) in [6, 6.07) is 13.8. The van der Waals surface area contributed by atoms with Gasteiger partial charge in [-0.15, -0.1) is 12.4 Å². The SMILES string of the molecule is Cc1ccc(COc2ccc(Cl)cc2CN)cc1.Cl.